The van der Waals surface area contributed by atoms with Crippen LogP contribution in [0.25, 0.3) is 5.70 Å². The lowest BCUT2D eigenvalue weighted by Gasteiger charge is -2.24. The standard InChI is InChI=1S/C23H24F4N6O/c1-12-18-7-16(24)3-4-17(18)20(29)14(9-31-2)5-13(8-28)21(33-11-23(25,26)27)15-6-19(34-12)22(30)32-10-15/h3-4,6-10,12,28-29,31,33H,5,11H2,1-2H3,(H2,30,32)/b14-9-,21-13-,28-8?,29-20?/t12-/m1/s1. The average molecular weight is 476 g/mol. The highest BCUT2D eigenvalue weighted by Crippen LogP contribution is 2.34. The van der Waals surface area contributed by atoms with Gasteiger partial charge < -0.3 is 26.5 Å². The molecule has 2 aromatic rings. The van der Waals surface area contributed by atoms with E-state index < -0.39 is 24.6 Å². The Morgan fingerprint density at radius 2 is 2.03 bits per heavy atom. The molecule has 2 bridgehead atoms. The second kappa shape index (κ2) is 9.94. The molecule has 1 aromatic heterocycles. The van der Waals surface area contributed by atoms with Crippen LogP contribution in [0.3, 0.4) is 0 Å². The molecule has 1 aliphatic rings. The summed E-state index contributed by atoms with van der Waals surface area (Å²) < 4.78 is 59.2. The maximum atomic E-state index is 14.1. The highest BCUT2D eigenvalue weighted by Gasteiger charge is 2.29. The molecular weight excluding hydrogens is 452 g/mol. The van der Waals surface area contributed by atoms with Crippen LogP contribution in [0, 0.1) is 16.6 Å². The van der Waals surface area contributed by atoms with Crippen LogP contribution in [-0.4, -0.2) is 36.7 Å². The van der Waals surface area contributed by atoms with Crippen molar-refractivity contribution in [2.45, 2.75) is 25.6 Å². The predicted molar refractivity (Wildman–Crippen MR) is 122 cm³/mol. The quantitative estimate of drug-likeness (QED) is 0.332. The molecule has 0 radical (unpaired) electrons. The van der Waals surface area contributed by atoms with E-state index in [1.807, 2.05) is 0 Å². The van der Waals surface area contributed by atoms with Gasteiger partial charge >= 0.3 is 6.18 Å². The topological polar surface area (TPSA) is 120 Å². The summed E-state index contributed by atoms with van der Waals surface area (Å²) in [7, 11) is 1.61. The molecule has 1 aliphatic heterocycles. The van der Waals surface area contributed by atoms with Crippen LogP contribution >= 0.6 is 0 Å². The third-order valence-corrected chi connectivity index (χ3v) is 5.18. The number of fused-ring (bicyclic) bond motifs is 3. The van der Waals surface area contributed by atoms with E-state index in [0.29, 0.717) is 16.7 Å². The number of pyridine rings is 1. The zero-order valence-electron chi connectivity index (χ0n) is 18.5. The molecule has 1 aromatic carbocycles. The highest BCUT2D eigenvalue weighted by molar-refractivity contribution is 6.12. The second-order valence-electron chi connectivity index (χ2n) is 7.62. The number of nitrogens with two attached hydrogens (primary N) is 1. The first kappa shape index (κ1) is 24.7. The Bertz CT molecular complexity index is 1170. The summed E-state index contributed by atoms with van der Waals surface area (Å²) in [4.78, 5) is 4.05. The summed E-state index contributed by atoms with van der Waals surface area (Å²) in [6, 6.07) is 5.34. The number of allylic oxidation sites excluding steroid dienone is 2. The van der Waals surface area contributed by atoms with Crippen molar-refractivity contribution in [2.24, 2.45) is 0 Å². The first-order valence-electron chi connectivity index (χ1n) is 10.3. The number of nitrogen functional groups attached to an aromatic ring is 1. The molecule has 0 saturated heterocycles. The largest absolute Gasteiger partial charge is 0.482 e. The van der Waals surface area contributed by atoms with Gasteiger partial charge in [0.15, 0.2) is 11.6 Å². The zero-order valence-corrected chi connectivity index (χ0v) is 18.5. The Morgan fingerprint density at radius 1 is 1.29 bits per heavy atom. The smallest absolute Gasteiger partial charge is 0.405 e. The number of aromatic nitrogens is 1. The summed E-state index contributed by atoms with van der Waals surface area (Å²) in [6.07, 6.45) is -1.62. The molecule has 0 amide bonds. The minimum absolute atomic E-state index is 0.00431. The summed E-state index contributed by atoms with van der Waals surface area (Å²) in [6.45, 7) is 0.299. The van der Waals surface area contributed by atoms with Gasteiger partial charge in [0.05, 0.1) is 5.71 Å². The SMILES string of the molecule is CN/C=C1/C/C(C=N)=C(/NCC(F)(F)F)c2cnc(N)c(c2)O[C@H](C)c2cc(F)ccc2C1=N. The van der Waals surface area contributed by atoms with E-state index in [0.717, 1.165) is 6.21 Å². The van der Waals surface area contributed by atoms with Crippen LogP contribution in [0.4, 0.5) is 23.4 Å². The molecule has 180 valence electrons. The van der Waals surface area contributed by atoms with Crippen LogP contribution in [0.15, 0.2) is 47.8 Å². The van der Waals surface area contributed by atoms with E-state index in [2.05, 4.69) is 15.6 Å². The van der Waals surface area contributed by atoms with Gasteiger partial charge in [-0.25, -0.2) is 9.37 Å². The third-order valence-electron chi connectivity index (χ3n) is 5.18. The van der Waals surface area contributed by atoms with Crippen molar-refractivity contribution in [3.63, 3.8) is 0 Å². The molecule has 11 heteroatoms. The molecule has 2 heterocycles. The van der Waals surface area contributed by atoms with Crippen molar-refractivity contribution in [1.82, 2.24) is 15.6 Å². The Kier molecular flexibility index (Phi) is 7.23. The first-order valence-corrected chi connectivity index (χ1v) is 10.3. The Labute approximate surface area is 193 Å². The highest BCUT2D eigenvalue weighted by atomic mass is 19.4. The second-order valence-corrected chi connectivity index (χ2v) is 7.62. The Balaban J connectivity index is 2.28. The summed E-state index contributed by atoms with van der Waals surface area (Å²) in [5, 5.41) is 21.9. The zero-order chi connectivity index (χ0) is 25.0. The molecule has 1 atom stereocenters. The maximum absolute atomic E-state index is 14.1. The Morgan fingerprint density at radius 3 is 2.68 bits per heavy atom. The van der Waals surface area contributed by atoms with Gasteiger partial charge in [0.2, 0.25) is 0 Å². The van der Waals surface area contributed by atoms with Gasteiger partial charge in [0.25, 0.3) is 0 Å². The van der Waals surface area contributed by atoms with Gasteiger partial charge in [-0.15, -0.1) is 0 Å². The molecule has 6 N–H and O–H groups in total. The van der Waals surface area contributed by atoms with Gasteiger partial charge in [0.1, 0.15) is 18.5 Å². The number of rotatable bonds is 4. The molecular formula is C23H24F4N6O. The third kappa shape index (κ3) is 5.53. The van der Waals surface area contributed by atoms with Crippen LogP contribution < -0.4 is 21.1 Å². The minimum Gasteiger partial charge on any atom is -0.482 e. The molecule has 0 aliphatic carbocycles. The maximum Gasteiger partial charge on any atom is 0.405 e. The molecule has 34 heavy (non-hydrogen) atoms. The number of ether oxygens (including phenoxy) is 1. The number of hydrogen-bond acceptors (Lipinski definition) is 7. The fourth-order valence-electron chi connectivity index (χ4n) is 3.60. The van der Waals surface area contributed by atoms with E-state index in [9.17, 15) is 17.6 Å². The fraction of sp³-hybridized carbons (Fsp3) is 0.261. The lowest BCUT2D eigenvalue weighted by Crippen LogP contribution is -2.29. The molecule has 0 spiro atoms. The molecule has 0 saturated carbocycles. The normalized spacial score (nSPS) is 20.0. The van der Waals surface area contributed by atoms with E-state index in [1.165, 1.54) is 36.7 Å². The van der Waals surface area contributed by atoms with Crippen LogP contribution in [0.5, 0.6) is 5.75 Å². The summed E-state index contributed by atoms with van der Waals surface area (Å²) >= 11 is 0. The minimum atomic E-state index is -4.52. The van der Waals surface area contributed by atoms with Crippen molar-refractivity contribution in [1.29, 1.82) is 10.8 Å². The number of nitrogens with one attached hydrogen (secondary N) is 4. The molecule has 3 rings (SSSR count). The lowest BCUT2D eigenvalue weighted by molar-refractivity contribution is -0.122. The molecule has 0 fully saturated rings. The van der Waals surface area contributed by atoms with Crippen LogP contribution in [0.1, 0.15) is 36.1 Å². The van der Waals surface area contributed by atoms with E-state index in [4.69, 9.17) is 21.3 Å². The van der Waals surface area contributed by atoms with Crippen LogP contribution in [0.2, 0.25) is 0 Å². The number of alkyl halides is 3. The summed E-state index contributed by atoms with van der Waals surface area (Å²) in [5.41, 5.74) is 7.46. The van der Waals surface area contributed by atoms with E-state index in [-0.39, 0.29) is 40.5 Å². The van der Waals surface area contributed by atoms with Crippen molar-refractivity contribution in [3.8, 4) is 5.75 Å². The number of anilines is 1. The van der Waals surface area contributed by atoms with Crippen molar-refractivity contribution < 1.29 is 22.3 Å². The Hall–Kier alpha value is -3.89. The van der Waals surface area contributed by atoms with Crippen LogP contribution in [-0.2, 0) is 0 Å². The van der Waals surface area contributed by atoms with E-state index in [1.54, 1.807) is 14.0 Å². The van der Waals surface area contributed by atoms with Gasteiger partial charge in [0, 0.05) is 54.5 Å². The van der Waals surface area contributed by atoms with Gasteiger partial charge in [-0.2, -0.15) is 13.2 Å². The number of nitrogens with zero attached hydrogens (tertiary/aromatic N) is 1. The van der Waals surface area contributed by atoms with Crippen molar-refractivity contribution in [3.05, 3.63) is 70.3 Å². The lowest BCUT2D eigenvalue weighted by atomic mass is 9.90. The monoisotopic (exact) mass is 476 g/mol. The van der Waals surface area contributed by atoms with Gasteiger partial charge in [-0.3, -0.25) is 5.41 Å². The average Bonchev–Trinajstić information content (AvgIpc) is 2.77. The number of hydrogen-bond donors (Lipinski definition) is 5. The predicted octanol–water partition coefficient (Wildman–Crippen LogP) is 4.33. The van der Waals surface area contributed by atoms with Gasteiger partial charge in [-0.05, 0) is 42.3 Å². The van der Waals surface area contributed by atoms with Crippen molar-refractivity contribution in [2.75, 3.05) is 19.3 Å². The number of benzene rings is 1. The first-order chi connectivity index (χ1) is 16.0. The molecule has 7 nitrogen and oxygen atoms in total. The molecule has 0 unspecified atom stereocenters. The summed E-state index contributed by atoms with van der Waals surface area (Å²) in [5.74, 6) is -0.455. The fourth-order valence-corrected chi connectivity index (χ4v) is 3.60. The van der Waals surface area contributed by atoms with Gasteiger partial charge in [-0.1, -0.05) is 0 Å². The number of halogens is 4. The van der Waals surface area contributed by atoms with Crippen molar-refractivity contribution >= 4 is 23.4 Å². The van der Waals surface area contributed by atoms with E-state index >= 15 is 0 Å².